The highest BCUT2D eigenvalue weighted by molar-refractivity contribution is 5.87. The SMILES string of the molecule is O=C(/C=C/c1ccc(O)c(O)c1)OCC1OC(Oc2cc3c(O)cc(=O)cc-3oc2-c2ccc(O)c(O)c2)C(OC2OC(CO)C(O)C(O)C2O)C(O)C1O. The predicted molar refractivity (Wildman–Crippen MR) is 182 cm³/mol. The molecule has 3 heterocycles. The van der Waals surface area contributed by atoms with Gasteiger partial charge in [-0.05, 0) is 48.0 Å². The molecule has 0 saturated carbocycles. The topological polar surface area (TPSA) is 316 Å². The molecule has 0 radical (unpaired) electrons. The van der Waals surface area contributed by atoms with Crippen LogP contribution in [0, 0.1) is 0 Å². The van der Waals surface area contributed by atoms with Gasteiger partial charge in [0.05, 0.1) is 12.2 Å². The lowest BCUT2D eigenvalue weighted by molar-refractivity contribution is -0.357. The normalized spacial score (nSPS) is 28.3. The molecule has 19 nitrogen and oxygen atoms in total. The lowest BCUT2D eigenvalue weighted by Crippen LogP contribution is -2.65. The molecule has 2 fully saturated rings. The average molecular weight is 773 g/mol. The van der Waals surface area contributed by atoms with Gasteiger partial charge in [-0.3, -0.25) is 4.79 Å². The van der Waals surface area contributed by atoms with Gasteiger partial charge in [0.25, 0.3) is 0 Å². The summed E-state index contributed by atoms with van der Waals surface area (Å²) in [6.07, 6.45) is -16.0. The van der Waals surface area contributed by atoms with Gasteiger partial charge in [-0.1, -0.05) is 6.07 Å². The van der Waals surface area contributed by atoms with E-state index in [4.69, 9.17) is 28.1 Å². The Morgan fingerprint density at radius 2 is 1.38 bits per heavy atom. The Bertz CT molecular complexity index is 2060. The number of phenols is 5. The van der Waals surface area contributed by atoms with Crippen LogP contribution in [-0.4, -0.2) is 137 Å². The Kier molecular flexibility index (Phi) is 11.5. The molecule has 55 heavy (non-hydrogen) atoms. The third-order valence-electron chi connectivity index (χ3n) is 8.87. The zero-order valence-corrected chi connectivity index (χ0v) is 28.2. The summed E-state index contributed by atoms with van der Waals surface area (Å²) in [5.41, 5.74) is -0.334. The Morgan fingerprint density at radius 1 is 0.709 bits per heavy atom. The highest BCUT2D eigenvalue weighted by Gasteiger charge is 2.52. The van der Waals surface area contributed by atoms with Crippen molar-refractivity contribution in [1.29, 1.82) is 0 Å². The maximum atomic E-state index is 12.6. The van der Waals surface area contributed by atoms with Crippen LogP contribution < -0.4 is 10.2 Å². The molecule has 10 atom stereocenters. The number of fused-ring (bicyclic) bond motifs is 1. The molecular formula is C36H36O19. The summed E-state index contributed by atoms with van der Waals surface area (Å²) in [5.74, 6) is -4.12. The van der Waals surface area contributed by atoms with Crippen LogP contribution in [0.25, 0.3) is 28.7 Å². The second kappa shape index (κ2) is 16.1. The second-order valence-electron chi connectivity index (χ2n) is 12.6. The van der Waals surface area contributed by atoms with Crippen molar-refractivity contribution in [2.75, 3.05) is 13.2 Å². The van der Waals surface area contributed by atoms with Crippen LogP contribution in [0.4, 0.5) is 0 Å². The van der Waals surface area contributed by atoms with E-state index in [0.29, 0.717) is 5.56 Å². The van der Waals surface area contributed by atoms with E-state index >= 15 is 0 Å². The molecule has 0 spiro atoms. The highest BCUT2D eigenvalue weighted by Crippen LogP contribution is 2.43. The van der Waals surface area contributed by atoms with E-state index in [0.717, 1.165) is 30.3 Å². The maximum absolute atomic E-state index is 12.6. The number of hydrogen-bond acceptors (Lipinski definition) is 19. The molecule has 1 aliphatic carbocycles. The average Bonchev–Trinajstić information content (AvgIpc) is 3.15. The smallest absolute Gasteiger partial charge is 0.330 e. The molecule has 4 aliphatic rings. The van der Waals surface area contributed by atoms with E-state index in [2.05, 4.69) is 0 Å². The van der Waals surface area contributed by atoms with Gasteiger partial charge in [-0.25, -0.2) is 4.79 Å². The summed E-state index contributed by atoms with van der Waals surface area (Å²) in [6.45, 7) is -1.55. The molecule has 3 aliphatic heterocycles. The van der Waals surface area contributed by atoms with Crippen molar-refractivity contribution in [2.24, 2.45) is 0 Å². The summed E-state index contributed by atoms with van der Waals surface area (Å²) in [6, 6.07) is 10.4. The molecule has 0 aromatic heterocycles. The van der Waals surface area contributed by atoms with E-state index < -0.39 is 109 Å². The van der Waals surface area contributed by atoms with Gasteiger partial charge in [0.15, 0.2) is 52.3 Å². The summed E-state index contributed by atoms with van der Waals surface area (Å²) in [7, 11) is 0. The quantitative estimate of drug-likeness (QED) is 0.0534. The molecule has 10 unspecified atom stereocenters. The van der Waals surface area contributed by atoms with Crippen molar-refractivity contribution in [3.63, 3.8) is 0 Å². The van der Waals surface area contributed by atoms with Gasteiger partial charge >= 0.3 is 5.97 Å². The number of carbonyl (C=O) groups is 1. The first-order valence-electron chi connectivity index (χ1n) is 16.5. The number of esters is 1. The van der Waals surface area contributed by atoms with E-state index in [9.17, 15) is 65.8 Å². The van der Waals surface area contributed by atoms with Crippen LogP contribution in [0.15, 0.2) is 69.9 Å². The zero-order valence-electron chi connectivity index (χ0n) is 28.2. The highest BCUT2D eigenvalue weighted by atomic mass is 16.8. The summed E-state index contributed by atoms with van der Waals surface area (Å²) in [4.78, 5) is 24.8. The predicted octanol–water partition coefficient (Wildman–Crippen LogP) is -0.793. The fourth-order valence-electron chi connectivity index (χ4n) is 5.89. The number of aliphatic hydroxyl groups excluding tert-OH is 6. The number of ether oxygens (including phenoxy) is 5. The lowest BCUT2D eigenvalue weighted by atomic mass is 9.97. The number of benzene rings is 3. The minimum Gasteiger partial charge on any atom is -0.507 e. The maximum Gasteiger partial charge on any atom is 0.330 e. The van der Waals surface area contributed by atoms with Crippen LogP contribution >= 0.6 is 0 Å². The number of aromatic hydroxyl groups is 5. The summed E-state index contributed by atoms with van der Waals surface area (Å²) < 4.78 is 34.4. The van der Waals surface area contributed by atoms with Crippen LogP contribution in [0.3, 0.4) is 0 Å². The third kappa shape index (κ3) is 8.29. The van der Waals surface area contributed by atoms with Crippen molar-refractivity contribution >= 4 is 12.0 Å². The van der Waals surface area contributed by atoms with Crippen molar-refractivity contribution in [3.8, 4) is 57.1 Å². The standard InChI is InChI=1S/C36H36O19/c37-12-25-28(45)30(47)32(49)35(53-25)55-34-31(48)29(46)26(13-50-27(44)6-2-14-1-4-18(39)21(42)7-14)54-36(34)52-24-11-17-20(41)9-16(38)10-23(17)51-33(24)15-3-5-19(40)22(43)8-15/h1-11,25-26,28-32,34-37,39-43,45-49H,12-13H2/b6-2+. The van der Waals surface area contributed by atoms with E-state index in [1.165, 1.54) is 36.4 Å². The molecule has 19 heteroatoms. The summed E-state index contributed by atoms with van der Waals surface area (Å²) in [5, 5.41) is 113. The van der Waals surface area contributed by atoms with Crippen molar-refractivity contribution < 1.29 is 89.1 Å². The molecular weight excluding hydrogens is 736 g/mol. The number of hydrogen-bond donors (Lipinski definition) is 11. The minimum atomic E-state index is -2.01. The van der Waals surface area contributed by atoms with Crippen LogP contribution in [-0.2, 0) is 23.7 Å². The molecule has 0 bridgehead atoms. The second-order valence-corrected chi connectivity index (χ2v) is 12.6. The summed E-state index contributed by atoms with van der Waals surface area (Å²) >= 11 is 0. The Hall–Kier alpha value is -5.48. The van der Waals surface area contributed by atoms with Crippen molar-refractivity contribution in [1.82, 2.24) is 0 Å². The van der Waals surface area contributed by atoms with E-state index in [1.807, 2.05) is 0 Å². The van der Waals surface area contributed by atoms with Crippen molar-refractivity contribution in [3.05, 3.63) is 76.5 Å². The van der Waals surface area contributed by atoms with E-state index in [1.54, 1.807) is 0 Å². The first kappa shape index (κ1) is 39.2. The van der Waals surface area contributed by atoms with Gasteiger partial charge in [0.2, 0.25) is 6.29 Å². The molecule has 0 amide bonds. The number of carbonyl (C=O) groups excluding carboxylic acids is 1. The van der Waals surface area contributed by atoms with Gasteiger partial charge in [-0.15, -0.1) is 0 Å². The van der Waals surface area contributed by atoms with Crippen molar-refractivity contribution in [2.45, 2.75) is 61.4 Å². The Balaban J connectivity index is 1.34. The fourth-order valence-corrected chi connectivity index (χ4v) is 5.89. The largest absolute Gasteiger partial charge is 0.507 e. The monoisotopic (exact) mass is 772 g/mol. The molecule has 2 aromatic carbocycles. The molecule has 11 N–H and O–H groups in total. The Morgan fingerprint density at radius 3 is 2.07 bits per heavy atom. The molecule has 6 rings (SSSR count). The zero-order chi connectivity index (χ0) is 39.7. The minimum absolute atomic E-state index is 0.0463. The van der Waals surface area contributed by atoms with Crippen LogP contribution in [0.1, 0.15) is 5.56 Å². The van der Waals surface area contributed by atoms with Gasteiger partial charge in [0.1, 0.15) is 60.8 Å². The lowest BCUT2D eigenvalue weighted by Gasteiger charge is -2.46. The number of rotatable bonds is 10. The Labute approximate surface area is 309 Å². The molecule has 2 saturated heterocycles. The van der Waals surface area contributed by atoms with Gasteiger partial charge < -0.3 is 84.3 Å². The number of aliphatic hydroxyl groups is 6. The van der Waals surface area contributed by atoms with Crippen LogP contribution in [0.5, 0.6) is 34.5 Å². The van der Waals surface area contributed by atoms with Crippen LogP contribution in [0.2, 0.25) is 0 Å². The molecule has 294 valence electrons. The van der Waals surface area contributed by atoms with Gasteiger partial charge in [0, 0.05) is 23.8 Å². The molecule has 2 aromatic rings. The number of phenolic OH excluding ortho intramolecular Hbond substituents is 5. The van der Waals surface area contributed by atoms with E-state index in [-0.39, 0.29) is 34.1 Å². The first-order chi connectivity index (χ1) is 26.1. The first-order valence-corrected chi connectivity index (χ1v) is 16.5. The fraction of sp³-hybridized carbons (Fsp3) is 0.333. The van der Waals surface area contributed by atoms with Gasteiger partial charge in [-0.2, -0.15) is 0 Å². The third-order valence-corrected chi connectivity index (χ3v) is 8.87.